The average molecular weight is 315 g/mol. The van der Waals surface area contributed by atoms with Gasteiger partial charge in [0.15, 0.2) is 0 Å². The van der Waals surface area contributed by atoms with Crippen LogP contribution in [0.1, 0.15) is 12.8 Å². The molecule has 0 spiro atoms. The SMILES string of the molecule is O=S(=O)(CCl)OCCCCOS(=O)(=O)CCl. The van der Waals surface area contributed by atoms with Gasteiger partial charge in [-0.05, 0) is 12.8 Å². The minimum atomic E-state index is -3.65. The Morgan fingerprint density at radius 1 is 0.750 bits per heavy atom. The van der Waals surface area contributed by atoms with Crippen LogP contribution in [0.3, 0.4) is 0 Å². The summed E-state index contributed by atoms with van der Waals surface area (Å²) in [7, 11) is -7.31. The highest BCUT2D eigenvalue weighted by atomic mass is 35.5. The van der Waals surface area contributed by atoms with E-state index in [0.717, 1.165) is 0 Å². The highest BCUT2D eigenvalue weighted by Crippen LogP contribution is 2.02. The highest BCUT2D eigenvalue weighted by Gasteiger charge is 2.09. The third-order valence-electron chi connectivity index (χ3n) is 1.33. The Kier molecular flexibility index (Phi) is 7.87. The molecule has 0 aromatic rings. The molecule has 6 nitrogen and oxygen atoms in total. The first-order valence-corrected chi connectivity index (χ1v) is 8.41. The van der Waals surface area contributed by atoms with Gasteiger partial charge in [0.25, 0.3) is 20.2 Å². The molecule has 0 bridgehead atoms. The fraction of sp³-hybridized carbons (Fsp3) is 1.00. The Hall–Kier alpha value is 0.400. The van der Waals surface area contributed by atoms with E-state index >= 15 is 0 Å². The van der Waals surface area contributed by atoms with Gasteiger partial charge in [-0.3, -0.25) is 8.37 Å². The molecule has 0 saturated carbocycles. The van der Waals surface area contributed by atoms with Crippen molar-refractivity contribution >= 4 is 43.4 Å². The smallest absolute Gasteiger partial charge is 0.269 e. The zero-order valence-corrected chi connectivity index (χ0v) is 11.4. The van der Waals surface area contributed by atoms with E-state index in [1.165, 1.54) is 0 Å². The van der Waals surface area contributed by atoms with Gasteiger partial charge in [0.2, 0.25) is 0 Å². The van der Waals surface area contributed by atoms with Crippen LogP contribution >= 0.6 is 23.2 Å². The first-order valence-electron chi connectivity index (χ1n) is 4.19. The maximum absolute atomic E-state index is 10.7. The van der Waals surface area contributed by atoms with Crippen molar-refractivity contribution in [3.63, 3.8) is 0 Å². The molecule has 0 aliphatic heterocycles. The standard InChI is InChI=1S/C6H12Cl2O6S2/c7-5-15(9,10)13-3-1-2-4-14-16(11,12)6-8/h1-6H2. The Bertz CT molecular complexity index is 338. The predicted molar refractivity (Wildman–Crippen MR) is 60.4 cm³/mol. The fourth-order valence-electron chi connectivity index (χ4n) is 0.639. The molecule has 0 radical (unpaired) electrons. The zero-order valence-electron chi connectivity index (χ0n) is 8.26. The topological polar surface area (TPSA) is 86.7 Å². The van der Waals surface area contributed by atoms with Gasteiger partial charge in [-0.15, -0.1) is 23.2 Å². The predicted octanol–water partition coefficient (Wildman–Crippen LogP) is 0.852. The minimum absolute atomic E-state index is 0.0562. The normalized spacial score (nSPS) is 12.9. The molecule has 0 heterocycles. The summed E-state index contributed by atoms with van der Waals surface area (Å²) in [6, 6.07) is 0. The molecule has 0 aliphatic carbocycles. The maximum atomic E-state index is 10.7. The summed E-state index contributed by atoms with van der Waals surface area (Å²) in [5.41, 5.74) is 0. The molecule has 0 aliphatic rings. The molecule has 10 heteroatoms. The van der Waals surface area contributed by atoms with Crippen LogP contribution in [0.4, 0.5) is 0 Å². The van der Waals surface area contributed by atoms with E-state index in [9.17, 15) is 16.8 Å². The summed E-state index contributed by atoms with van der Waals surface area (Å²) in [5.74, 6) is 0. The summed E-state index contributed by atoms with van der Waals surface area (Å²) in [4.78, 5) is 0. The molecular formula is C6H12Cl2O6S2. The lowest BCUT2D eigenvalue weighted by atomic mass is 10.3. The molecule has 16 heavy (non-hydrogen) atoms. The van der Waals surface area contributed by atoms with Crippen molar-refractivity contribution < 1.29 is 25.2 Å². The van der Waals surface area contributed by atoms with Gasteiger partial charge in [0.05, 0.1) is 13.2 Å². The Labute approximate surface area is 105 Å². The van der Waals surface area contributed by atoms with Gasteiger partial charge in [-0.1, -0.05) is 0 Å². The highest BCUT2D eigenvalue weighted by molar-refractivity contribution is 7.88. The fourth-order valence-corrected chi connectivity index (χ4v) is 1.89. The zero-order chi connectivity index (χ0) is 12.7. The van der Waals surface area contributed by atoms with Crippen LogP contribution in [0.2, 0.25) is 0 Å². The second-order valence-electron chi connectivity index (χ2n) is 2.68. The molecule has 0 aromatic heterocycles. The van der Waals surface area contributed by atoms with Crippen molar-refractivity contribution in [1.29, 1.82) is 0 Å². The largest absolute Gasteiger partial charge is 0.281 e. The number of halogens is 2. The molecule has 0 rings (SSSR count). The van der Waals surface area contributed by atoms with E-state index in [0.29, 0.717) is 12.8 Å². The number of rotatable bonds is 9. The Morgan fingerprint density at radius 2 is 1.06 bits per heavy atom. The number of hydrogen-bond acceptors (Lipinski definition) is 6. The van der Waals surface area contributed by atoms with Crippen molar-refractivity contribution in [2.24, 2.45) is 0 Å². The first kappa shape index (κ1) is 16.4. The Morgan fingerprint density at radius 3 is 1.31 bits per heavy atom. The lowest BCUT2D eigenvalue weighted by Gasteiger charge is -2.03. The van der Waals surface area contributed by atoms with Crippen molar-refractivity contribution in [2.75, 3.05) is 23.6 Å². The molecule has 0 unspecified atom stereocenters. The van der Waals surface area contributed by atoms with Gasteiger partial charge in [0.1, 0.15) is 10.4 Å². The van der Waals surface area contributed by atoms with Crippen molar-refractivity contribution in [1.82, 2.24) is 0 Å². The van der Waals surface area contributed by atoms with Crippen LogP contribution in [-0.4, -0.2) is 40.5 Å². The minimum Gasteiger partial charge on any atom is -0.269 e. The molecule has 0 N–H and O–H groups in total. The lowest BCUT2D eigenvalue weighted by Crippen LogP contribution is -2.10. The number of alkyl halides is 2. The van der Waals surface area contributed by atoms with E-state index in [4.69, 9.17) is 23.2 Å². The monoisotopic (exact) mass is 314 g/mol. The molecule has 98 valence electrons. The van der Waals surface area contributed by atoms with Crippen molar-refractivity contribution in [3.05, 3.63) is 0 Å². The summed E-state index contributed by atoms with van der Waals surface area (Å²) >= 11 is 10.2. The summed E-state index contributed by atoms with van der Waals surface area (Å²) < 4.78 is 51.8. The maximum Gasteiger partial charge on any atom is 0.281 e. The van der Waals surface area contributed by atoms with Gasteiger partial charge < -0.3 is 0 Å². The van der Waals surface area contributed by atoms with Crippen molar-refractivity contribution in [2.45, 2.75) is 12.8 Å². The molecule has 0 atom stereocenters. The lowest BCUT2D eigenvalue weighted by molar-refractivity contribution is 0.273. The molecule has 0 saturated heterocycles. The summed E-state index contributed by atoms with van der Waals surface area (Å²) in [5, 5.41) is -1.21. The third kappa shape index (κ3) is 8.54. The van der Waals surface area contributed by atoms with E-state index < -0.39 is 30.7 Å². The van der Waals surface area contributed by atoms with E-state index in [2.05, 4.69) is 8.37 Å². The number of unbranched alkanes of at least 4 members (excludes halogenated alkanes) is 1. The van der Waals surface area contributed by atoms with Crippen molar-refractivity contribution in [3.8, 4) is 0 Å². The second-order valence-corrected chi connectivity index (χ2v) is 7.13. The summed E-state index contributed by atoms with van der Waals surface area (Å²) in [6.45, 7) is -0.112. The summed E-state index contributed by atoms with van der Waals surface area (Å²) in [6.07, 6.45) is 0.682. The van der Waals surface area contributed by atoms with Crippen LogP contribution < -0.4 is 0 Å². The molecule has 0 fully saturated rings. The first-order chi connectivity index (χ1) is 7.33. The van der Waals surface area contributed by atoms with Crippen LogP contribution in [0.5, 0.6) is 0 Å². The van der Waals surface area contributed by atoms with Crippen LogP contribution in [0.25, 0.3) is 0 Å². The van der Waals surface area contributed by atoms with Crippen LogP contribution in [0.15, 0.2) is 0 Å². The quantitative estimate of drug-likeness (QED) is 0.356. The average Bonchev–Trinajstić information content (AvgIpc) is 2.23. The number of hydrogen-bond donors (Lipinski definition) is 0. The van der Waals surface area contributed by atoms with Crippen LogP contribution in [0, 0.1) is 0 Å². The molecular weight excluding hydrogens is 303 g/mol. The van der Waals surface area contributed by atoms with Gasteiger partial charge in [0, 0.05) is 0 Å². The molecule has 0 aromatic carbocycles. The van der Waals surface area contributed by atoms with Gasteiger partial charge in [-0.25, -0.2) is 0 Å². The van der Waals surface area contributed by atoms with E-state index in [1.54, 1.807) is 0 Å². The van der Waals surface area contributed by atoms with Gasteiger partial charge in [-0.2, -0.15) is 16.8 Å². The molecule has 0 amide bonds. The van der Waals surface area contributed by atoms with Crippen LogP contribution in [-0.2, 0) is 28.6 Å². The van der Waals surface area contributed by atoms with E-state index in [1.807, 2.05) is 0 Å². The van der Waals surface area contributed by atoms with Gasteiger partial charge >= 0.3 is 0 Å². The Balaban J connectivity index is 3.57. The second kappa shape index (κ2) is 7.67. The van der Waals surface area contributed by atoms with E-state index in [-0.39, 0.29) is 13.2 Å². The third-order valence-corrected chi connectivity index (χ3v) is 4.52.